The standard InChI is InChI=1S/C22H26Cl2N2O3/c1-5-19(22(28)25-4)26(12-16-7-8-17(23)18(24)11-16)21(27)13-29-20-9-6-14(2)10-15(20)3/h6-11,19H,5,12-13H2,1-4H3,(H,25,28)/t19-/m1/s1. The van der Waals surface area contributed by atoms with Crippen molar-refractivity contribution in [1.29, 1.82) is 0 Å². The number of likely N-dealkylation sites (N-methyl/N-ethyl adjacent to an activating group) is 1. The number of hydrogen-bond acceptors (Lipinski definition) is 3. The molecule has 156 valence electrons. The summed E-state index contributed by atoms with van der Waals surface area (Å²) in [4.78, 5) is 26.9. The third-order valence-electron chi connectivity index (χ3n) is 4.65. The smallest absolute Gasteiger partial charge is 0.261 e. The van der Waals surface area contributed by atoms with Crippen LogP contribution >= 0.6 is 23.2 Å². The Morgan fingerprint density at radius 1 is 1.10 bits per heavy atom. The maximum Gasteiger partial charge on any atom is 0.261 e. The number of rotatable bonds is 8. The minimum absolute atomic E-state index is 0.168. The van der Waals surface area contributed by atoms with Crippen LogP contribution in [0.5, 0.6) is 5.75 Å². The van der Waals surface area contributed by atoms with Gasteiger partial charge >= 0.3 is 0 Å². The predicted octanol–water partition coefficient (Wildman–Crippen LogP) is 4.54. The fourth-order valence-electron chi connectivity index (χ4n) is 3.10. The van der Waals surface area contributed by atoms with Crippen molar-refractivity contribution in [2.75, 3.05) is 13.7 Å². The van der Waals surface area contributed by atoms with Crippen LogP contribution < -0.4 is 10.1 Å². The van der Waals surface area contributed by atoms with Gasteiger partial charge in [0, 0.05) is 13.6 Å². The van der Waals surface area contributed by atoms with E-state index in [1.54, 1.807) is 25.2 Å². The highest BCUT2D eigenvalue weighted by molar-refractivity contribution is 6.42. The molecule has 2 aromatic carbocycles. The Kier molecular flexibility index (Phi) is 8.35. The van der Waals surface area contributed by atoms with Crippen molar-refractivity contribution >= 4 is 35.0 Å². The molecule has 0 saturated carbocycles. The Morgan fingerprint density at radius 2 is 1.83 bits per heavy atom. The zero-order valence-electron chi connectivity index (χ0n) is 17.1. The summed E-state index contributed by atoms with van der Waals surface area (Å²) in [5.74, 6) is 0.130. The number of aryl methyl sites for hydroxylation is 2. The quantitative estimate of drug-likeness (QED) is 0.660. The summed E-state index contributed by atoms with van der Waals surface area (Å²) in [6.45, 7) is 5.84. The highest BCUT2D eigenvalue weighted by atomic mass is 35.5. The van der Waals surface area contributed by atoms with Crippen LogP contribution in [0.4, 0.5) is 0 Å². The van der Waals surface area contributed by atoms with Gasteiger partial charge in [0.05, 0.1) is 10.0 Å². The molecule has 0 fully saturated rings. The van der Waals surface area contributed by atoms with E-state index < -0.39 is 6.04 Å². The SMILES string of the molecule is CC[C@H](C(=O)NC)N(Cc1ccc(Cl)c(Cl)c1)C(=O)COc1ccc(C)cc1C. The first-order valence-corrected chi connectivity index (χ1v) is 10.2. The number of halogens is 2. The molecule has 7 heteroatoms. The molecule has 2 amide bonds. The van der Waals surface area contributed by atoms with Gasteiger partial charge in [-0.2, -0.15) is 0 Å². The van der Waals surface area contributed by atoms with Crippen molar-refractivity contribution in [1.82, 2.24) is 10.2 Å². The van der Waals surface area contributed by atoms with Gasteiger partial charge < -0.3 is 15.0 Å². The van der Waals surface area contributed by atoms with Crippen LogP contribution in [0, 0.1) is 13.8 Å². The van der Waals surface area contributed by atoms with Gasteiger partial charge in [-0.15, -0.1) is 0 Å². The Balaban J connectivity index is 2.23. The average Bonchev–Trinajstić information content (AvgIpc) is 2.69. The van der Waals surface area contributed by atoms with E-state index in [9.17, 15) is 9.59 Å². The molecule has 0 unspecified atom stereocenters. The van der Waals surface area contributed by atoms with Gasteiger partial charge in [-0.3, -0.25) is 9.59 Å². The van der Waals surface area contributed by atoms with Gasteiger partial charge in [0.1, 0.15) is 11.8 Å². The predicted molar refractivity (Wildman–Crippen MR) is 117 cm³/mol. The van der Waals surface area contributed by atoms with E-state index in [2.05, 4.69) is 5.32 Å². The summed E-state index contributed by atoms with van der Waals surface area (Å²) in [6, 6.07) is 10.3. The fraction of sp³-hybridized carbons (Fsp3) is 0.364. The lowest BCUT2D eigenvalue weighted by Gasteiger charge is -2.30. The molecule has 0 bridgehead atoms. The normalized spacial score (nSPS) is 11.7. The first-order chi connectivity index (χ1) is 13.8. The van der Waals surface area contributed by atoms with Crippen molar-refractivity contribution < 1.29 is 14.3 Å². The van der Waals surface area contributed by atoms with Gasteiger partial charge in [0.25, 0.3) is 5.91 Å². The van der Waals surface area contributed by atoms with E-state index in [0.29, 0.717) is 22.2 Å². The van der Waals surface area contributed by atoms with Gasteiger partial charge in [0.15, 0.2) is 6.61 Å². The number of benzene rings is 2. The molecule has 0 radical (unpaired) electrons. The van der Waals surface area contributed by atoms with E-state index in [4.69, 9.17) is 27.9 Å². The van der Waals surface area contributed by atoms with Crippen LogP contribution in [0.1, 0.15) is 30.0 Å². The second kappa shape index (κ2) is 10.5. The van der Waals surface area contributed by atoms with Gasteiger partial charge in [-0.05, 0) is 49.6 Å². The lowest BCUT2D eigenvalue weighted by atomic mass is 10.1. The largest absolute Gasteiger partial charge is 0.483 e. The summed E-state index contributed by atoms with van der Waals surface area (Å²) in [5.41, 5.74) is 2.85. The number of carbonyl (C=O) groups excluding carboxylic acids is 2. The number of nitrogens with zero attached hydrogens (tertiary/aromatic N) is 1. The molecule has 0 spiro atoms. The Labute approximate surface area is 181 Å². The zero-order valence-corrected chi connectivity index (χ0v) is 18.6. The number of nitrogens with one attached hydrogen (secondary N) is 1. The summed E-state index contributed by atoms with van der Waals surface area (Å²) >= 11 is 12.1. The van der Waals surface area contributed by atoms with E-state index >= 15 is 0 Å². The molecule has 0 aliphatic rings. The average molecular weight is 437 g/mol. The van der Waals surface area contributed by atoms with Gasteiger partial charge in [-0.25, -0.2) is 0 Å². The molecular weight excluding hydrogens is 411 g/mol. The second-order valence-electron chi connectivity index (χ2n) is 6.87. The van der Waals surface area contributed by atoms with Crippen LogP contribution in [0.3, 0.4) is 0 Å². The Morgan fingerprint density at radius 3 is 2.41 bits per heavy atom. The lowest BCUT2D eigenvalue weighted by Crippen LogP contribution is -2.49. The molecule has 0 aliphatic heterocycles. The van der Waals surface area contributed by atoms with Crippen LogP contribution in [0.2, 0.25) is 10.0 Å². The molecule has 5 nitrogen and oxygen atoms in total. The molecule has 0 saturated heterocycles. The second-order valence-corrected chi connectivity index (χ2v) is 7.68. The first-order valence-electron chi connectivity index (χ1n) is 9.41. The molecule has 29 heavy (non-hydrogen) atoms. The molecule has 0 heterocycles. The molecule has 0 aliphatic carbocycles. The van der Waals surface area contributed by atoms with E-state index in [1.165, 1.54) is 4.90 Å². The molecule has 2 aromatic rings. The minimum atomic E-state index is -0.621. The maximum absolute atomic E-state index is 13.0. The summed E-state index contributed by atoms with van der Waals surface area (Å²) < 4.78 is 5.75. The fourth-order valence-corrected chi connectivity index (χ4v) is 3.43. The van der Waals surface area contributed by atoms with E-state index in [0.717, 1.165) is 16.7 Å². The van der Waals surface area contributed by atoms with Crippen molar-refractivity contribution in [3.8, 4) is 5.75 Å². The molecule has 1 N–H and O–H groups in total. The maximum atomic E-state index is 13.0. The van der Waals surface area contributed by atoms with Crippen molar-refractivity contribution in [3.05, 3.63) is 63.1 Å². The highest BCUT2D eigenvalue weighted by Crippen LogP contribution is 2.24. The van der Waals surface area contributed by atoms with E-state index in [-0.39, 0.29) is 25.0 Å². The summed E-state index contributed by atoms with van der Waals surface area (Å²) in [5, 5.41) is 3.46. The van der Waals surface area contributed by atoms with Crippen LogP contribution in [0.25, 0.3) is 0 Å². The number of carbonyl (C=O) groups is 2. The number of ether oxygens (including phenoxy) is 1. The number of hydrogen-bond donors (Lipinski definition) is 1. The first kappa shape index (κ1) is 23.0. The molecule has 0 aromatic heterocycles. The summed E-state index contributed by atoms with van der Waals surface area (Å²) in [7, 11) is 1.55. The van der Waals surface area contributed by atoms with Crippen molar-refractivity contribution in [2.24, 2.45) is 0 Å². The highest BCUT2D eigenvalue weighted by Gasteiger charge is 2.28. The third kappa shape index (κ3) is 6.12. The monoisotopic (exact) mass is 436 g/mol. The lowest BCUT2D eigenvalue weighted by molar-refractivity contribution is -0.142. The van der Waals surface area contributed by atoms with Crippen LogP contribution in [-0.4, -0.2) is 36.4 Å². The molecule has 2 rings (SSSR count). The van der Waals surface area contributed by atoms with Crippen LogP contribution in [0.15, 0.2) is 36.4 Å². The van der Waals surface area contributed by atoms with Gasteiger partial charge in [0.2, 0.25) is 5.91 Å². The third-order valence-corrected chi connectivity index (χ3v) is 5.39. The number of amides is 2. The van der Waals surface area contributed by atoms with Gasteiger partial charge in [-0.1, -0.05) is 53.9 Å². The molecular formula is C22H26Cl2N2O3. The van der Waals surface area contributed by atoms with E-state index in [1.807, 2.05) is 39.0 Å². The molecule has 1 atom stereocenters. The van der Waals surface area contributed by atoms with Crippen molar-refractivity contribution in [2.45, 2.75) is 39.8 Å². The summed E-state index contributed by atoms with van der Waals surface area (Å²) in [6.07, 6.45) is 0.469. The topological polar surface area (TPSA) is 58.6 Å². The van der Waals surface area contributed by atoms with Crippen molar-refractivity contribution in [3.63, 3.8) is 0 Å². The Bertz CT molecular complexity index is 886. The zero-order chi connectivity index (χ0) is 21.6. The minimum Gasteiger partial charge on any atom is -0.483 e. The van der Waals surface area contributed by atoms with Crippen LogP contribution in [-0.2, 0) is 16.1 Å². The Hall–Kier alpha value is -2.24.